The Morgan fingerprint density at radius 3 is 2.32 bits per heavy atom. The van der Waals surface area contributed by atoms with E-state index in [1.165, 1.54) is 42.6 Å². The maximum atomic E-state index is 13.0. The highest BCUT2D eigenvalue weighted by atomic mass is 32.2. The number of halogens is 1. The van der Waals surface area contributed by atoms with Gasteiger partial charge in [-0.25, -0.2) is 22.7 Å². The molecule has 1 unspecified atom stereocenters. The molecule has 0 aliphatic heterocycles. The van der Waals surface area contributed by atoms with Gasteiger partial charge in [0.2, 0.25) is 0 Å². The Balaban J connectivity index is 1.95. The highest BCUT2D eigenvalue weighted by Crippen LogP contribution is 2.35. The van der Waals surface area contributed by atoms with Gasteiger partial charge in [-0.3, -0.25) is 4.55 Å². The van der Waals surface area contributed by atoms with E-state index >= 15 is 0 Å². The summed E-state index contributed by atoms with van der Waals surface area (Å²) in [4.78, 5) is 15.1. The lowest BCUT2D eigenvalue weighted by atomic mass is 10.2. The Labute approximate surface area is 148 Å². The van der Waals surface area contributed by atoms with Crippen LogP contribution in [0.5, 0.6) is 0 Å². The molecule has 0 aliphatic carbocycles. The van der Waals surface area contributed by atoms with Crippen molar-refractivity contribution < 1.29 is 23.1 Å². The van der Waals surface area contributed by atoms with Crippen molar-refractivity contribution in [1.82, 2.24) is 4.98 Å². The van der Waals surface area contributed by atoms with E-state index in [4.69, 9.17) is 5.11 Å². The molecular formula is C16H11FN2O4S2. The molecule has 1 heterocycles. The number of carboxylic acids is 1. The number of hydrogen-bond donors (Lipinski definition) is 2. The first-order chi connectivity index (χ1) is 12.0. The van der Waals surface area contributed by atoms with E-state index in [2.05, 4.69) is 4.98 Å². The fourth-order valence-electron chi connectivity index (χ4n) is 2.12. The summed E-state index contributed by atoms with van der Waals surface area (Å²) in [7, 11) is 0. The smallest absolute Gasteiger partial charge is 0.335 e. The molecule has 2 aromatic carbocycles. The standard InChI is InChI=1S/C16H11FN2O4S2/c17-12-5-1-10(2-6-12)15-18-9-14(24-15)19(25(22)23)13-7-3-11(4-8-13)16(20)21/h1-9H,(H,20,21)(H,22,23). The number of aromatic carboxylic acids is 1. The molecule has 0 amide bonds. The predicted molar refractivity (Wildman–Crippen MR) is 93.8 cm³/mol. The van der Waals surface area contributed by atoms with Crippen LogP contribution in [0.4, 0.5) is 15.1 Å². The van der Waals surface area contributed by atoms with Gasteiger partial charge < -0.3 is 5.11 Å². The van der Waals surface area contributed by atoms with E-state index in [9.17, 15) is 17.9 Å². The number of nitrogens with zero attached hydrogens (tertiary/aromatic N) is 2. The molecule has 9 heteroatoms. The van der Waals surface area contributed by atoms with Crippen LogP contribution >= 0.6 is 11.3 Å². The number of benzene rings is 2. The summed E-state index contributed by atoms with van der Waals surface area (Å²) in [6.07, 6.45) is 1.43. The molecule has 25 heavy (non-hydrogen) atoms. The van der Waals surface area contributed by atoms with Crippen molar-refractivity contribution in [2.75, 3.05) is 4.31 Å². The van der Waals surface area contributed by atoms with E-state index in [1.54, 1.807) is 12.1 Å². The molecule has 0 fully saturated rings. The molecule has 128 valence electrons. The van der Waals surface area contributed by atoms with Gasteiger partial charge in [0.15, 0.2) is 0 Å². The molecule has 0 saturated heterocycles. The Morgan fingerprint density at radius 1 is 1.12 bits per heavy atom. The van der Waals surface area contributed by atoms with Crippen LogP contribution in [0.25, 0.3) is 10.6 Å². The number of aromatic nitrogens is 1. The summed E-state index contributed by atoms with van der Waals surface area (Å²) >= 11 is -1.22. The first-order valence-electron chi connectivity index (χ1n) is 6.92. The number of hydrogen-bond acceptors (Lipinski definition) is 4. The lowest BCUT2D eigenvalue weighted by molar-refractivity contribution is 0.0697. The Hall–Kier alpha value is -2.62. The first kappa shape index (κ1) is 17.2. The van der Waals surface area contributed by atoms with Crippen LogP contribution in [0.15, 0.2) is 54.7 Å². The largest absolute Gasteiger partial charge is 0.478 e. The third-order valence-corrected chi connectivity index (χ3v) is 5.16. The van der Waals surface area contributed by atoms with Crippen LogP contribution in [0.2, 0.25) is 0 Å². The van der Waals surface area contributed by atoms with Gasteiger partial charge in [-0.15, -0.1) is 0 Å². The molecule has 2 N–H and O–H groups in total. The average Bonchev–Trinajstić information content (AvgIpc) is 3.05. The van der Waals surface area contributed by atoms with E-state index in [0.29, 0.717) is 21.3 Å². The molecule has 3 rings (SSSR count). The Kier molecular flexibility index (Phi) is 4.88. The second kappa shape index (κ2) is 7.09. The van der Waals surface area contributed by atoms with Crippen molar-refractivity contribution in [3.63, 3.8) is 0 Å². The van der Waals surface area contributed by atoms with Gasteiger partial charge in [-0.05, 0) is 48.5 Å². The quantitative estimate of drug-likeness (QED) is 0.657. The zero-order chi connectivity index (χ0) is 18.0. The van der Waals surface area contributed by atoms with Crippen molar-refractivity contribution >= 4 is 39.3 Å². The fourth-order valence-corrected chi connectivity index (χ4v) is 3.78. The second-order valence-corrected chi connectivity index (χ2v) is 6.72. The van der Waals surface area contributed by atoms with Gasteiger partial charge in [0, 0.05) is 5.56 Å². The average molecular weight is 378 g/mol. The topological polar surface area (TPSA) is 90.7 Å². The number of rotatable bonds is 5. The van der Waals surface area contributed by atoms with Crippen LogP contribution in [-0.4, -0.2) is 24.8 Å². The Morgan fingerprint density at radius 2 is 1.76 bits per heavy atom. The molecule has 0 spiro atoms. The highest BCUT2D eigenvalue weighted by molar-refractivity contribution is 7.81. The van der Waals surface area contributed by atoms with E-state index in [0.717, 1.165) is 15.6 Å². The van der Waals surface area contributed by atoms with Crippen LogP contribution in [0.1, 0.15) is 10.4 Å². The monoisotopic (exact) mass is 378 g/mol. The van der Waals surface area contributed by atoms with Gasteiger partial charge in [0.1, 0.15) is 15.8 Å². The molecule has 1 atom stereocenters. The van der Waals surface area contributed by atoms with Gasteiger partial charge in [-0.2, -0.15) is 0 Å². The minimum Gasteiger partial charge on any atom is -0.478 e. The number of carboxylic acid groups (broad SMARTS) is 1. The molecule has 0 bridgehead atoms. The van der Waals surface area contributed by atoms with Gasteiger partial charge >= 0.3 is 5.97 Å². The van der Waals surface area contributed by atoms with E-state index in [-0.39, 0.29) is 11.4 Å². The maximum Gasteiger partial charge on any atom is 0.335 e. The van der Waals surface area contributed by atoms with Crippen molar-refractivity contribution in [2.24, 2.45) is 0 Å². The molecule has 1 aromatic heterocycles. The zero-order valence-corrected chi connectivity index (χ0v) is 14.1. The fraction of sp³-hybridized carbons (Fsp3) is 0. The lowest BCUT2D eigenvalue weighted by Gasteiger charge is -2.17. The van der Waals surface area contributed by atoms with E-state index in [1.807, 2.05) is 0 Å². The summed E-state index contributed by atoms with van der Waals surface area (Å²) in [5.74, 6) is -1.45. The number of carbonyl (C=O) groups is 1. The first-order valence-corrected chi connectivity index (χ1v) is 8.80. The van der Waals surface area contributed by atoms with Crippen LogP contribution in [0.3, 0.4) is 0 Å². The molecule has 0 aliphatic rings. The van der Waals surface area contributed by atoms with Crippen LogP contribution < -0.4 is 4.31 Å². The second-order valence-electron chi connectivity index (χ2n) is 4.89. The van der Waals surface area contributed by atoms with Crippen molar-refractivity contribution in [3.8, 4) is 10.6 Å². The summed E-state index contributed by atoms with van der Waals surface area (Å²) in [6, 6.07) is 11.3. The van der Waals surface area contributed by atoms with Crippen molar-refractivity contribution in [1.29, 1.82) is 0 Å². The van der Waals surface area contributed by atoms with Crippen molar-refractivity contribution in [3.05, 3.63) is 66.1 Å². The molecular weight excluding hydrogens is 367 g/mol. The summed E-state index contributed by atoms with van der Waals surface area (Å²) in [5.41, 5.74) is 1.10. The molecule has 6 nitrogen and oxygen atoms in total. The molecule has 3 aromatic rings. The minimum atomic E-state index is -2.37. The predicted octanol–water partition coefficient (Wildman–Crippen LogP) is 3.92. The maximum absolute atomic E-state index is 13.0. The number of anilines is 2. The summed E-state index contributed by atoms with van der Waals surface area (Å²) < 4.78 is 35.5. The van der Waals surface area contributed by atoms with Gasteiger partial charge in [-0.1, -0.05) is 11.3 Å². The van der Waals surface area contributed by atoms with E-state index < -0.39 is 17.2 Å². The van der Waals surface area contributed by atoms with Crippen LogP contribution in [-0.2, 0) is 11.3 Å². The normalized spacial score (nSPS) is 11.9. The summed E-state index contributed by atoms with van der Waals surface area (Å²) in [6.45, 7) is 0. The van der Waals surface area contributed by atoms with Gasteiger partial charge in [0.25, 0.3) is 11.3 Å². The SMILES string of the molecule is O=C(O)c1ccc(N(c2cnc(-c3ccc(F)cc3)s2)S(=O)O)cc1. The van der Waals surface area contributed by atoms with Gasteiger partial charge in [0.05, 0.1) is 17.4 Å². The third kappa shape index (κ3) is 3.73. The van der Waals surface area contributed by atoms with Crippen molar-refractivity contribution in [2.45, 2.75) is 0 Å². The number of thiazole rings is 1. The molecule has 0 saturated carbocycles. The zero-order valence-electron chi connectivity index (χ0n) is 12.5. The lowest BCUT2D eigenvalue weighted by Crippen LogP contribution is -2.18. The molecule has 0 radical (unpaired) electrons. The van der Waals surface area contributed by atoms with Crippen LogP contribution in [0, 0.1) is 5.82 Å². The highest BCUT2D eigenvalue weighted by Gasteiger charge is 2.19. The minimum absolute atomic E-state index is 0.0729. The Bertz CT molecular complexity index is 926. The third-order valence-electron chi connectivity index (χ3n) is 3.29. The summed E-state index contributed by atoms with van der Waals surface area (Å²) in [5, 5.41) is 9.89.